The molecular weight excluding hydrogens is 215 g/mol. The number of nitrogens with one attached hydrogen (secondary N) is 1. The third kappa shape index (κ3) is 2.22. The van der Waals surface area contributed by atoms with Gasteiger partial charge in [-0.15, -0.1) is 0 Å². The van der Waals surface area contributed by atoms with Gasteiger partial charge in [-0.05, 0) is 44.0 Å². The maximum Gasteiger partial charge on any atom is 0.127 e. The largest absolute Gasteiger partial charge is 0.317 e. The molecule has 0 atom stereocenters. The molecule has 2 nitrogen and oxygen atoms in total. The Morgan fingerprint density at radius 1 is 1.24 bits per heavy atom. The molecule has 0 amide bonds. The smallest absolute Gasteiger partial charge is 0.127 e. The molecule has 0 spiro atoms. The summed E-state index contributed by atoms with van der Waals surface area (Å²) < 4.78 is 13.8. The highest BCUT2D eigenvalue weighted by Gasteiger charge is 2.25. The first-order valence-corrected chi connectivity index (χ1v) is 6.55. The maximum absolute atomic E-state index is 13.8. The molecule has 0 radical (unpaired) electrons. The number of hydrogen-bond donors (Lipinski definition) is 1. The number of hydrogen-bond acceptors (Lipinski definition) is 2. The first-order chi connectivity index (χ1) is 8.34. The van der Waals surface area contributed by atoms with E-state index in [9.17, 15) is 4.39 Å². The van der Waals surface area contributed by atoms with E-state index in [1.54, 1.807) is 6.07 Å². The maximum atomic E-state index is 13.8. The van der Waals surface area contributed by atoms with Crippen molar-refractivity contribution in [3.8, 4) is 0 Å². The third-order valence-corrected chi connectivity index (χ3v) is 4.07. The molecule has 0 saturated carbocycles. The van der Waals surface area contributed by atoms with E-state index < -0.39 is 0 Å². The second-order valence-electron chi connectivity index (χ2n) is 5.08. The summed E-state index contributed by atoms with van der Waals surface area (Å²) in [5, 5.41) is 3.38. The van der Waals surface area contributed by atoms with Crippen LogP contribution in [0.1, 0.15) is 24.0 Å². The summed E-state index contributed by atoms with van der Waals surface area (Å²) in [6.45, 7) is 4.09. The Morgan fingerprint density at radius 2 is 2.06 bits per heavy atom. The molecule has 3 rings (SSSR count). The molecule has 2 heterocycles. The minimum atomic E-state index is -0.0267. The standard InChI is InChI=1S/C14H19FN2/c15-14-3-1-2-11-6-9-17(10-13(11)14)12-4-7-16-8-5-12/h1-3,12,16H,4-10H2. The molecule has 3 heteroatoms. The van der Waals surface area contributed by atoms with Crippen LogP contribution in [0, 0.1) is 5.82 Å². The minimum Gasteiger partial charge on any atom is -0.317 e. The van der Waals surface area contributed by atoms with Crippen LogP contribution < -0.4 is 5.32 Å². The number of benzene rings is 1. The molecule has 0 aliphatic carbocycles. The van der Waals surface area contributed by atoms with Crippen molar-refractivity contribution < 1.29 is 4.39 Å². The summed E-state index contributed by atoms with van der Waals surface area (Å²) >= 11 is 0. The van der Waals surface area contributed by atoms with E-state index in [1.807, 2.05) is 6.07 Å². The molecule has 92 valence electrons. The van der Waals surface area contributed by atoms with Gasteiger partial charge in [-0.2, -0.15) is 0 Å². The molecule has 1 N–H and O–H groups in total. The van der Waals surface area contributed by atoms with E-state index >= 15 is 0 Å². The number of fused-ring (bicyclic) bond motifs is 1. The Kier molecular flexibility index (Phi) is 3.12. The van der Waals surface area contributed by atoms with E-state index in [0.29, 0.717) is 6.04 Å². The summed E-state index contributed by atoms with van der Waals surface area (Å²) in [4.78, 5) is 2.46. The average molecular weight is 234 g/mol. The Bertz CT molecular complexity index is 399. The highest BCUT2D eigenvalue weighted by molar-refractivity contribution is 5.30. The molecule has 1 aromatic rings. The quantitative estimate of drug-likeness (QED) is 0.799. The first kappa shape index (κ1) is 11.2. The van der Waals surface area contributed by atoms with Gasteiger partial charge in [0, 0.05) is 24.7 Å². The van der Waals surface area contributed by atoms with Gasteiger partial charge >= 0.3 is 0 Å². The lowest BCUT2D eigenvalue weighted by molar-refractivity contribution is 0.145. The fourth-order valence-corrected chi connectivity index (χ4v) is 3.04. The summed E-state index contributed by atoms with van der Waals surface area (Å²) in [6, 6.07) is 6.13. The lowest BCUT2D eigenvalue weighted by Gasteiger charge is -2.37. The van der Waals surface area contributed by atoms with E-state index in [4.69, 9.17) is 0 Å². The van der Waals surface area contributed by atoms with Gasteiger partial charge in [-0.3, -0.25) is 4.90 Å². The zero-order valence-electron chi connectivity index (χ0n) is 10.1. The molecule has 0 aromatic heterocycles. The molecule has 1 saturated heterocycles. The van der Waals surface area contributed by atoms with Gasteiger partial charge < -0.3 is 5.32 Å². The van der Waals surface area contributed by atoms with Crippen LogP contribution in [0.25, 0.3) is 0 Å². The summed E-state index contributed by atoms with van der Waals surface area (Å²) in [6.07, 6.45) is 3.39. The van der Waals surface area contributed by atoms with E-state index in [-0.39, 0.29) is 5.82 Å². The van der Waals surface area contributed by atoms with E-state index in [2.05, 4.69) is 16.3 Å². The molecule has 17 heavy (non-hydrogen) atoms. The normalized spacial score (nSPS) is 22.4. The van der Waals surface area contributed by atoms with E-state index in [1.165, 1.54) is 18.4 Å². The van der Waals surface area contributed by atoms with Crippen LogP contribution in [0.2, 0.25) is 0 Å². The van der Waals surface area contributed by atoms with Gasteiger partial charge in [-0.1, -0.05) is 12.1 Å². The van der Waals surface area contributed by atoms with Crippen molar-refractivity contribution in [3.63, 3.8) is 0 Å². The topological polar surface area (TPSA) is 15.3 Å². The van der Waals surface area contributed by atoms with Crippen molar-refractivity contribution in [1.82, 2.24) is 10.2 Å². The van der Waals surface area contributed by atoms with Crippen LogP contribution in [0.15, 0.2) is 18.2 Å². The molecular formula is C14H19FN2. The van der Waals surface area contributed by atoms with Gasteiger partial charge in [0.2, 0.25) is 0 Å². The fraction of sp³-hybridized carbons (Fsp3) is 0.571. The highest BCUT2D eigenvalue weighted by atomic mass is 19.1. The summed E-state index contributed by atoms with van der Waals surface area (Å²) in [7, 11) is 0. The second-order valence-corrected chi connectivity index (χ2v) is 5.08. The monoisotopic (exact) mass is 234 g/mol. The molecule has 2 aliphatic heterocycles. The Morgan fingerprint density at radius 3 is 2.88 bits per heavy atom. The SMILES string of the molecule is Fc1cccc2c1CN(C1CCNCC1)CC2. The number of piperidine rings is 1. The summed E-state index contributed by atoms with van der Waals surface area (Å²) in [5.41, 5.74) is 2.13. The Labute approximate surface area is 102 Å². The third-order valence-electron chi connectivity index (χ3n) is 4.07. The van der Waals surface area contributed by atoms with Crippen molar-refractivity contribution in [2.75, 3.05) is 19.6 Å². The highest BCUT2D eigenvalue weighted by Crippen LogP contribution is 2.25. The lowest BCUT2D eigenvalue weighted by Crippen LogP contribution is -2.45. The number of halogens is 1. The van der Waals surface area contributed by atoms with Crippen LogP contribution in [-0.4, -0.2) is 30.6 Å². The zero-order chi connectivity index (χ0) is 11.7. The Hall–Kier alpha value is -0.930. The molecule has 1 fully saturated rings. The zero-order valence-corrected chi connectivity index (χ0v) is 10.1. The van der Waals surface area contributed by atoms with Crippen molar-refractivity contribution in [2.24, 2.45) is 0 Å². The van der Waals surface area contributed by atoms with Gasteiger partial charge in [0.1, 0.15) is 5.82 Å². The van der Waals surface area contributed by atoms with Crippen molar-refractivity contribution in [3.05, 3.63) is 35.1 Å². The minimum absolute atomic E-state index is 0.0267. The predicted octanol–water partition coefficient (Wildman–Crippen LogP) is 1.94. The predicted molar refractivity (Wildman–Crippen MR) is 66.4 cm³/mol. The van der Waals surface area contributed by atoms with Crippen LogP contribution in [0.5, 0.6) is 0 Å². The van der Waals surface area contributed by atoms with Crippen LogP contribution in [0.4, 0.5) is 4.39 Å². The lowest BCUT2D eigenvalue weighted by atomic mass is 9.95. The molecule has 0 bridgehead atoms. The van der Waals surface area contributed by atoms with Gasteiger partial charge in [0.05, 0.1) is 0 Å². The molecule has 2 aliphatic rings. The Balaban J connectivity index is 1.77. The summed E-state index contributed by atoms with van der Waals surface area (Å²) in [5.74, 6) is -0.0267. The van der Waals surface area contributed by atoms with Crippen molar-refractivity contribution >= 4 is 0 Å². The van der Waals surface area contributed by atoms with Gasteiger partial charge in [0.15, 0.2) is 0 Å². The average Bonchev–Trinajstić information content (AvgIpc) is 2.40. The van der Waals surface area contributed by atoms with Gasteiger partial charge in [0.25, 0.3) is 0 Å². The number of nitrogens with zero attached hydrogens (tertiary/aromatic N) is 1. The van der Waals surface area contributed by atoms with Gasteiger partial charge in [-0.25, -0.2) is 4.39 Å². The fourth-order valence-electron chi connectivity index (χ4n) is 3.04. The van der Waals surface area contributed by atoms with Crippen molar-refractivity contribution in [1.29, 1.82) is 0 Å². The van der Waals surface area contributed by atoms with Crippen LogP contribution in [-0.2, 0) is 13.0 Å². The van der Waals surface area contributed by atoms with E-state index in [0.717, 1.165) is 38.2 Å². The first-order valence-electron chi connectivity index (χ1n) is 6.55. The second kappa shape index (κ2) is 4.75. The van der Waals surface area contributed by atoms with Crippen LogP contribution in [0.3, 0.4) is 0 Å². The molecule has 1 aromatic carbocycles. The van der Waals surface area contributed by atoms with Crippen LogP contribution >= 0.6 is 0 Å². The molecule has 0 unspecified atom stereocenters. The van der Waals surface area contributed by atoms with Crippen molar-refractivity contribution in [2.45, 2.75) is 31.8 Å². The number of rotatable bonds is 1.